The number of carbonyl (C=O) groups is 2. The summed E-state index contributed by atoms with van der Waals surface area (Å²) in [4.78, 5) is 33.4. The van der Waals surface area contributed by atoms with Gasteiger partial charge in [-0.3, -0.25) is 19.2 Å². The summed E-state index contributed by atoms with van der Waals surface area (Å²) < 4.78 is 28.7. The van der Waals surface area contributed by atoms with Gasteiger partial charge in [0.15, 0.2) is 0 Å². The number of amides is 2. The zero-order chi connectivity index (χ0) is 36.5. The molecule has 2 saturated heterocycles. The van der Waals surface area contributed by atoms with E-state index in [0.717, 1.165) is 82.8 Å². The van der Waals surface area contributed by atoms with Crippen LogP contribution in [-0.2, 0) is 20.5 Å². The maximum atomic E-state index is 13.5. The fourth-order valence-corrected chi connectivity index (χ4v) is 10.5. The number of halogens is 1. The molecule has 2 aliphatic carbocycles. The Labute approximate surface area is 317 Å². The Morgan fingerprint density at radius 3 is 2.67 bits per heavy atom. The topological polar surface area (TPSA) is 91.4 Å². The lowest BCUT2D eigenvalue weighted by atomic mass is 9.66. The van der Waals surface area contributed by atoms with Crippen molar-refractivity contribution in [3.8, 4) is 5.75 Å². The largest absolute Gasteiger partial charge is 0.491 e. The first-order chi connectivity index (χ1) is 25.1. The SMILES string of the molecule is CCCC1=C(C2COc3ccc4cc3N(C2)CC2CCC2C(CN2CCN3C(=O)C(C)OCC3C2)/C=C/CC(C)C(C)S(=O)NC4=O)C=CC(Cl)C1. The fraction of sp³-hybridized carbons (Fsp3) is 0.659. The molecule has 0 aromatic heterocycles. The highest BCUT2D eigenvalue weighted by Gasteiger charge is 2.42. The molecular formula is C41H57ClN4O5S. The molecule has 0 radical (unpaired) electrons. The van der Waals surface area contributed by atoms with E-state index >= 15 is 0 Å². The van der Waals surface area contributed by atoms with E-state index in [9.17, 15) is 13.8 Å². The van der Waals surface area contributed by atoms with Gasteiger partial charge in [-0.15, -0.1) is 11.6 Å². The molecule has 2 bridgehead atoms. The van der Waals surface area contributed by atoms with Crippen LogP contribution in [0.25, 0.3) is 0 Å². The Morgan fingerprint density at radius 1 is 1.04 bits per heavy atom. The summed E-state index contributed by atoms with van der Waals surface area (Å²) in [6, 6.07) is 5.78. The Hall–Kier alpha value is -2.66. The van der Waals surface area contributed by atoms with Gasteiger partial charge < -0.3 is 19.3 Å². The lowest BCUT2D eigenvalue weighted by Crippen LogP contribution is -2.62. The molecule has 4 heterocycles. The number of fused-ring (bicyclic) bond motifs is 3. The van der Waals surface area contributed by atoms with Gasteiger partial charge in [0.2, 0.25) is 0 Å². The third-order valence-electron chi connectivity index (χ3n) is 12.7. The molecular weight excluding hydrogens is 696 g/mol. The van der Waals surface area contributed by atoms with Crippen LogP contribution in [0.15, 0.2) is 53.6 Å². The summed E-state index contributed by atoms with van der Waals surface area (Å²) in [5.41, 5.74) is 4.21. The number of ether oxygens (including phenoxy) is 2. The Bertz CT molecular complexity index is 1610. The second kappa shape index (κ2) is 16.4. The van der Waals surface area contributed by atoms with E-state index in [1.54, 1.807) is 6.07 Å². The van der Waals surface area contributed by atoms with Gasteiger partial charge in [0.05, 0.1) is 35.6 Å². The number of nitrogens with one attached hydrogen (secondary N) is 1. The number of piperazine rings is 1. The van der Waals surface area contributed by atoms with Crippen LogP contribution >= 0.6 is 11.6 Å². The highest BCUT2D eigenvalue weighted by molar-refractivity contribution is 7.84. The zero-order valence-corrected chi connectivity index (χ0v) is 32.9. The molecule has 2 amide bonds. The number of alkyl halides is 1. The summed E-state index contributed by atoms with van der Waals surface area (Å²) in [6.07, 6.45) is 14.8. The molecule has 3 fully saturated rings. The first kappa shape index (κ1) is 37.6. The minimum atomic E-state index is -1.53. The summed E-state index contributed by atoms with van der Waals surface area (Å²) in [5.74, 6) is 2.23. The van der Waals surface area contributed by atoms with Crippen molar-refractivity contribution >= 4 is 40.1 Å². The predicted molar refractivity (Wildman–Crippen MR) is 208 cm³/mol. The second-order valence-corrected chi connectivity index (χ2v) is 18.2. The van der Waals surface area contributed by atoms with Gasteiger partial charge in [0, 0.05) is 50.7 Å². The van der Waals surface area contributed by atoms with Crippen molar-refractivity contribution in [3.05, 3.63) is 59.2 Å². The van der Waals surface area contributed by atoms with E-state index in [1.165, 1.54) is 17.6 Å². The number of rotatable bonds is 5. The number of anilines is 1. The lowest BCUT2D eigenvalue weighted by molar-refractivity contribution is -0.162. The maximum absolute atomic E-state index is 13.5. The predicted octanol–water partition coefficient (Wildman–Crippen LogP) is 6.12. The van der Waals surface area contributed by atoms with Crippen molar-refractivity contribution in [2.75, 3.05) is 57.4 Å². The number of hydrogen-bond donors (Lipinski definition) is 1. The summed E-state index contributed by atoms with van der Waals surface area (Å²) in [7, 11) is -1.53. The number of carbonyl (C=O) groups excluding carboxylic acids is 2. The van der Waals surface area contributed by atoms with Crippen molar-refractivity contribution < 1.29 is 23.3 Å². The van der Waals surface area contributed by atoms with Crippen LogP contribution < -0.4 is 14.4 Å². The minimum absolute atomic E-state index is 0.0212. The summed E-state index contributed by atoms with van der Waals surface area (Å²) >= 11 is 6.63. The van der Waals surface area contributed by atoms with Crippen LogP contribution in [0.4, 0.5) is 5.69 Å². The van der Waals surface area contributed by atoms with E-state index in [2.05, 4.69) is 52.7 Å². The Morgan fingerprint density at radius 2 is 1.88 bits per heavy atom. The van der Waals surface area contributed by atoms with Gasteiger partial charge in [-0.1, -0.05) is 50.1 Å². The number of allylic oxidation sites excluding steroid dienone is 4. The van der Waals surface area contributed by atoms with Crippen LogP contribution in [0.2, 0.25) is 0 Å². The van der Waals surface area contributed by atoms with Crippen molar-refractivity contribution in [1.29, 1.82) is 0 Å². The van der Waals surface area contributed by atoms with Gasteiger partial charge >= 0.3 is 0 Å². The third kappa shape index (κ3) is 8.06. The smallest absolute Gasteiger partial charge is 0.263 e. The van der Waals surface area contributed by atoms with Gasteiger partial charge in [-0.2, -0.15) is 0 Å². The summed E-state index contributed by atoms with van der Waals surface area (Å²) in [5, 5.41) is -0.188. The summed E-state index contributed by atoms with van der Waals surface area (Å²) in [6.45, 7) is 14.4. The van der Waals surface area contributed by atoms with E-state index < -0.39 is 11.0 Å². The molecule has 9 nitrogen and oxygen atoms in total. The third-order valence-corrected chi connectivity index (χ3v) is 14.5. The van der Waals surface area contributed by atoms with Gasteiger partial charge in [-0.05, 0) is 93.4 Å². The average molecular weight is 753 g/mol. The first-order valence-corrected chi connectivity index (χ1v) is 21.3. The highest BCUT2D eigenvalue weighted by atomic mass is 35.5. The van der Waals surface area contributed by atoms with Crippen molar-refractivity contribution in [2.24, 2.45) is 29.6 Å². The van der Waals surface area contributed by atoms with E-state index in [1.807, 2.05) is 30.9 Å². The van der Waals surface area contributed by atoms with Gasteiger partial charge in [0.1, 0.15) is 22.8 Å². The van der Waals surface area contributed by atoms with E-state index in [4.69, 9.17) is 21.1 Å². The molecule has 4 aliphatic heterocycles. The molecule has 7 rings (SSSR count). The Kier molecular flexibility index (Phi) is 11.9. The van der Waals surface area contributed by atoms with E-state index in [-0.39, 0.29) is 46.4 Å². The fourth-order valence-electron chi connectivity index (χ4n) is 9.21. The minimum Gasteiger partial charge on any atom is -0.491 e. The normalized spacial score (nSPS) is 36.6. The number of morpholine rings is 1. The van der Waals surface area contributed by atoms with Crippen molar-refractivity contribution in [3.63, 3.8) is 0 Å². The molecule has 1 N–H and O–H groups in total. The molecule has 11 heteroatoms. The van der Waals surface area contributed by atoms with Gasteiger partial charge in [0.25, 0.3) is 11.8 Å². The molecule has 52 heavy (non-hydrogen) atoms. The van der Waals surface area contributed by atoms with Crippen LogP contribution in [0.3, 0.4) is 0 Å². The average Bonchev–Trinajstić information content (AvgIpc) is 3.30. The molecule has 1 saturated carbocycles. The second-order valence-electron chi connectivity index (χ2n) is 16.1. The monoisotopic (exact) mass is 752 g/mol. The van der Waals surface area contributed by atoms with E-state index in [0.29, 0.717) is 36.5 Å². The molecule has 10 unspecified atom stereocenters. The van der Waals surface area contributed by atoms with Crippen LogP contribution in [0.5, 0.6) is 5.75 Å². The van der Waals surface area contributed by atoms with Crippen LogP contribution in [-0.4, -0.2) is 101 Å². The number of nitrogens with zero attached hydrogens (tertiary/aromatic N) is 3. The lowest BCUT2D eigenvalue weighted by Gasteiger charge is -2.48. The van der Waals surface area contributed by atoms with Gasteiger partial charge in [-0.25, -0.2) is 4.21 Å². The molecule has 10 atom stereocenters. The number of hydrogen-bond acceptors (Lipinski definition) is 7. The van der Waals surface area contributed by atoms with Crippen molar-refractivity contribution in [1.82, 2.24) is 14.5 Å². The molecule has 1 aromatic carbocycles. The molecule has 1 aromatic rings. The standard InChI is InChI=1S/C41H57ClN4O5S/c1-5-7-29-18-34(42)12-14-36(29)33-22-45-21-32-10-13-37(32)31(20-44-16-17-46-35(23-44)25-50-27(3)41(46)48)9-6-8-26(2)28(4)52(49)43-40(47)30-11-15-39(51-24-33)38(45)19-30/h6,9,11-12,14-15,19,26-28,31-35,37H,5,7-8,10,13,16-18,20-25H2,1-4H3,(H,43,47)/b9-6+. The maximum Gasteiger partial charge on any atom is 0.263 e. The molecule has 284 valence electrons. The molecule has 0 spiro atoms. The van der Waals surface area contributed by atoms with Crippen molar-refractivity contribution in [2.45, 2.75) is 89.0 Å². The van der Waals surface area contributed by atoms with Crippen LogP contribution in [0, 0.1) is 29.6 Å². The quantitative estimate of drug-likeness (QED) is 0.287. The van der Waals surface area contributed by atoms with Crippen LogP contribution in [0.1, 0.15) is 76.6 Å². The first-order valence-electron chi connectivity index (χ1n) is 19.7. The molecule has 6 aliphatic rings. The highest BCUT2D eigenvalue weighted by Crippen LogP contribution is 2.45. The zero-order valence-electron chi connectivity index (χ0n) is 31.3. The number of benzene rings is 1. The Balaban J connectivity index is 1.19.